The molecule has 1 atom stereocenters. The third kappa shape index (κ3) is 2.85. The van der Waals surface area contributed by atoms with Crippen molar-refractivity contribution in [3.8, 4) is 0 Å². The summed E-state index contributed by atoms with van der Waals surface area (Å²) in [7, 11) is 2.10. The monoisotopic (exact) mass is 308 g/mol. The molecule has 1 aliphatic heterocycles. The first-order valence-corrected chi connectivity index (χ1v) is 8.01. The lowest BCUT2D eigenvalue weighted by molar-refractivity contribution is 0.190. The summed E-state index contributed by atoms with van der Waals surface area (Å²) < 4.78 is 5.50. The Bertz CT molecular complexity index is 808. The quantitative estimate of drug-likeness (QED) is 0.805. The maximum atomic E-state index is 5.50. The zero-order chi connectivity index (χ0) is 15.6. The van der Waals surface area contributed by atoms with Gasteiger partial charge in [-0.25, -0.2) is 0 Å². The number of hydrogen-bond donors (Lipinski definition) is 1. The van der Waals surface area contributed by atoms with Crippen LogP contribution in [0.25, 0.3) is 10.8 Å². The summed E-state index contributed by atoms with van der Waals surface area (Å²) in [5.74, 6) is 1.45. The second kappa shape index (κ2) is 6.10. The van der Waals surface area contributed by atoms with Gasteiger partial charge in [-0.2, -0.15) is 4.98 Å². The molecule has 1 aliphatic rings. The number of rotatable bonds is 3. The third-order valence-corrected chi connectivity index (χ3v) is 4.51. The summed E-state index contributed by atoms with van der Waals surface area (Å²) >= 11 is 0. The van der Waals surface area contributed by atoms with E-state index in [1.165, 1.54) is 16.3 Å². The molecule has 3 aromatic rings. The van der Waals surface area contributed by atoms with Crippen LogP contribution in [0.4, 0.5) is 0 Å². The summed E-state index contributed by atoms with van der Waals surface area (Å²) in [6.45, 7) is 2.87. The van der Waals surface area contributed by atoms with Crippen molar-refractivity contribution in [2.75, 3.05) is 26.7 Å². The van der Waals surface area contributed by atoms with E-state index >= 15 is 0 Å². The summed E-state index contributed by atoms with van der Waals surface area (Å²) in [6, 6.07) is 14.9. The fraction of sp³-hybridized carbons (Fsp3) is 0.333. The Morgan fingerprint density at radius 2 is 2.09 bits per heavy atom. The largest absolute Gasteiger partial charge is 0.339 e. The van der Waals surface area contributed by atoms with Crippen LogP contribution >= 0.6 is 0 Å². The molecule has 4 rings (SSSR count). The second-order valence-corrected chi connectivity index (χ2v) is 6.06. The first-order chi connectivity index (χ1) is 11.3. The van der Waals surface area contributed by atoms with Crippen molar-refractivity contribution in [3.05, 3.63) is 59.7 Å². The summed E-state index contributed by atoms with van der Waals surface area (Å²) in [5, 5.41) is 10.1. The van der Waals surface area contributed by atoms with Gasteiger partial charge in [0.05, 0.1) is 12.5 Å². The molecular weight excluding hydrogens is 288 g/mol. The topological polar surface area (TPSA) is 54.2 Å². The molecule has 0 aliphatic carbocycles. The molecule has 0 saturated carbocycles. The smallest absolute Gasteiger partial charge is 0.231 e. The van der Waals surface area contributed by atoms with Crippen LogP contribution in [0.2, 0.25) is 0 Å². The molecule has 1 aromatic heterocycles. The minimum Gasteiger partial charge on any atom is -0.339 e. The standard InChI is InChI=1S/C18H20N4O/c1-22-10-9-19-12-16(22)18-20-17(23-21-18)11-14-7-4-6-13-5-2-3-8-15(13)14/h2-8,16,19H,9-12H2,1H3. The zero-order valence-corrected chi connectivity index (χ0v) is 13.2. The van der Waals surface area contributed by atoms with E-state index in [1.54, 1.807) is 0 Å². The van der Waals surface area contributed by atoms with E-state index in [1.807, 2.05) is 0 Å². The van der Waals surface area contributed by atoms with Gasteiger partial charge in [-0.1, -0.05) is 47.6 Å². The van der Waals surface area contributed by atoms with Crippen LogP contribution in [0.1, 0.15) is 23.3 Å². The number of nitrogens with one attached hydrogen (secondary N) is 1. The fourth-order valence-corrected chi connectivity index (χ4v) is 3.18. The van der Waals surface area contributed by atoms with E-state index in [2.05, 4.69) is 69.9 Å². The molecule has 2 aromatic carbocycles. The highest BCUT2D eigenvalue weighted by molar-refractivity contribution is 5.85. The molecule has 2 heterocycles. The van der Waals surface area contributed by atoms with Crippen molar-refractivity contribution >= 4 is 10.8 Å². The lowest BCUT2D eigenvalue weighted by atomic mass is 10.0. The molecule has 1 saturated heterocycles. The Morgan fingerprint density at radius 1 is 1.22 bits per heavy atom. The van der Waals surface area contributed by atoms with Gasteiger partial charge in [0.1, 0.15) is 0 Å². The fourth-order valence-electron chi connectivity index (χ4n) is 3.18. The van der Waals surface area contributed by atoms with Crippen LogP contribution in [0, 0.1) is 0 Å². The van der Waals surface area contributed by atoms with E-state index in [9.17, 15) is 0 Å². The molecule has 1 N–H and O–H groups in total. The highest BCUT2D eigenvalue weighted by Crippen LogP contribution is 2.22. The predicted octanol–water partition coefficient (Wildman–Crippen LogP) is 2.39. The number of piperazine rings is 1. The number of nitrogens with zero attached hydrogens (tertiary/aromatic N) is 3. The number of likely N-dealkylation sites (N-methyl/N-ethyl adjacent to an activating group) is 1. The Morgan fingerprint density at radius 3 is 3.00 bits per heavy atom. The minimum atomic E-state index is 0.189. The second-order valence-electron chi connectivity index (χ2n) is 6.06. The van der Waals surface area contributed by atoms with Crippen molar-refractivity contribution < 1.29 is 4.52 Å². The van der Waals surface area contributed by atoms with Crippen LogP contribution in [0.15, 0.2) is 47.0 Å². The van der Waals surface area contributed by atoms with Crippen molar-refractivity contribution in [1.82, 2.24) is 20.4 Å². The summed E-state index contributed by atoms with van der Waals surface area (Å²) in [6.07, 6.45) is 0.665. The molecule has 1 fully saturated rings. The van der Waals surface area contributed by atoms with Crippen molar-refractivity contribution in [1.29, 1.82) is 0 Å². The molecule has 0 radical (unpaired) electrons. The molecule has 1 unspecified atom stereocenters. The number of benzene rings is 2. The van der Waals surface area contributed by atoms with E-state index in [-0.39, 0.29) is 6.04 Å². The Balaban J connectivity index is 1.59. The van der Waals surface area contributed by atoms with E-state index in [4.69, 9.17) is 4.52 Å². The first kappa shape index (κ1) is 14.4. The van der Waals surface area contributed by atoms with Gasteiger partial charge in [-0.3, -0.25) is 4.90 Å². The van der Waals surface area contributed by atoms with E-state index in [0.29, 0.717) is 12.3 Å². The average Bonchev–Trinajstić information content (AvgIpc) is 3.04. The van der Waals surface area contributed by atoms with Gasteiger partial charge in [0.15, 0.2) is 5.82 Å². The van der Waals surface area contributed by atoms with Crippen LogP contribution in [-0.4, -0.2) is 41.7 Å². The minimum absolute atomic E-state index is 0.189. The normalized spacial score (nSPS) is 19.3. The predicted molar refractivity (Wildman–Crippen MR) is 89.3 cm³/mol. The third-order valence-electron chi connectivity index (χ3n) is 4.51. The lowest BCUT2D eigenvalue weighted by Crippen LogP contribution is -2.44. The van der Waals surface area contributed by atoms with Crippen LogP contribution in [0.3, 0.4) is 0 Å². The number of fused-ring (bicyclic) bond motifs is 1. The van der Waals surface area contributed by atoms with E-state index in [0.717, 1.165) is 25.5 Å². The van der Waals surface area contributed by atoms with Crippen LogP contribution in [-0.2, 0) is 6.42 Å². The average molecular weight is 308 g/mol. The molecule has 118 valence electrons. The maximum Gasteiger partial charge on any atom is 0.231 e. The van der Waals surface area contributed by atoms with Gasteiger partial charge in [0.2, 0.25) is 5.89 Å². The molecule has 23 heavy (non-hydrogen) atoms. The zero-order valence-electron chi connectivity index (χ0n) is 13.2. The van der Waals surface area contributed by atoms with Gasteiger partial charge in [0, 0.05) is 19.6 Å². The Labute approximate surface area is 135 Å². The SMILES string of the molecule is CN1CCNCC1c1noc(Cc2cccc3ccccc23)n1. The Kier molecular flexibility index (Phi) is 3.81. The molecule has 5 nitrogen and oxygen atoms in total. The van der Waals surface area contributed by atoms with Crippen LogP contribution < -0.4 is 5.32 Å². The lowest BCUT2D eigenvalue weighted by Gasteiger charge is -2.30. The summed E-state index contributed by atoms with van der Waals surface area (Å²) in [4.78, 5) is 6.89. The highest BCUT2D eigenvalue weighted by atomic mass is 16.5. The highest BCUT2D eigenvalue weighted by Gasteiger charge is 2.25. The van der Waals surface area contributed by atoms with Gasteiger partial charge in [-0.05, 0) is 23.4 Å². The van der Waals surface area contributed by atoms with Crippen molar-refractivity contribution in [3.63, 3.8) is 0 Å². The molecule has 0 bridgehead atoms. The molecular formula is C18H20N4O. The van der Waals surface area contributed by atoms with Crippen molar-refractivity contribution in [2.45, 2.75) is 12.5 Å². The number of aromatic nitrogens is 2. The first-order valence-electron chi connectivity index (χ1n) is 8.01. The van der Waals surface area contributed by atoms with E-state index < -0.39 is 0 Å². The van der Waals surface area contributed by atoms with Gasteiger partial charge in [0.25, 0.3) is 0 Å². The van der Waals surface area contributed by atoms with Gasteiger partial charge >= 0.3 is 0 Å². The molecule has 0 spiro atoms. The Hall–Kier alpha value is -2.24. The molecule has 0 amide bonds. The molecule has 5 heteroatoms. The number of hydrogen-bond acceptors (Lipinski definition) is 5. The van der Waals surface area contributed by atoms with Gasteiger partial charge in [-0.15, -0.1) is 0 Å². The summed E-state index contributed by atoms with van der Waals surface area (Å²) in [5.41, 5.74) is 1.22. The van der Waals surface area contributed by atoms with Crippen LogP contribution in [0.5, 0.6) is 0 Å². The van der Waals surface area contributed by atoms with Crippen molar-refractivity contribution in [2.24, 2.45) is 0 Å². The maximum absolute atomic E-state index is 5.50. The van der Waals surface area contributed by atoms with Gasteiger partial charge < -0.3 is 9.84 Å².